The Morgan fingerprint density at radius 1 is 1.32 bits per heavy atom. The minimum Gasteiger partial charge on any atom is -0.496 e. The van der Waals surface area contributed by atoms with E-state index in [1.807, 2.05) is 38.4 Å². The molecule has 3 N–H and O–H groups in total. The minimum absolute atomic E-state index is 0. The average molecular weight is 394 g/mol. The number of nitrogens with two attached hydrogens (primary N) is 1. The third-order valence-electron chi connectivity index (χ3n) is 4.41. The first-order valence-electron chi connectivity index (χ1n) is 7.92. The number of hydrogen-bond acceptors (Lipinski definition) is 5. The van der Waals surface area contributed by atoms with E-state index in [1.165, 1.54) is 0 Å². The van der Waals surface area contributed by atoms with Gasteiger partial charge in [0, 0.05) is 25.3 Å². The Labute approximate surface area is 162 Å². The number of benzene rings is 1. The molecule has 1 atom stereocenters. The fraction of sp³-hybridized carbons (Fsp3) is 0.588. The fourth-order valence-corrected chi connectivity index (χ4v) is 2.84. The number of hydrogen-bond donors (Lipinski definition) is 2. The molecule has 0 saturated carbocycles. The quantitative estimate of drug-likeness (QED) is 0.769. The van der Waals surface area contributed by atoms with Gasteiger partial charge >= 0.3 is 0 Å². The molecule has 0 radical (unpaired) electrons. The average Bonchev–Trinajstić information content (AvgIpc) is 2.55. The van der Waals surface area contributed by atoms with Gasteiger partial charge in [0.05, 0.1) is 18.7 Å². The molecule has 1 aliphatic rings. The first-order chi connectivity index (χ1) is 11.0. The number of carbonyl (C=O) groups excluding carboxylic acids is 1. The van der Waals surface area contributed by atoms with Crippen molar-refractivity contribution in [3.05, 3.63) is 29.8 Å². The van der Waals surface area contributed by atoms with E-state index in [9.17, 15) is 4.79 Å². The normalized spacial score (nSPS) is 17.0. The van der Waals surface area contributed by atoms with E-state index in [2.05, 4.69) is 10.2 Å². The van der Waals surface area contributed by atoms with Gasteiger partial charge in [0.2, 0.25) is 5.91 Å². The molecule has 0 spiro atoms. The van der Waals surface area contributed by atoms with Crippen LogP contribution in [-0.4, -0.2) is 57.3 Å². The second-order valence-electron chi connectivity index (χ2n) is 6.20. The van der Waals surface area contributed by atoms with E-state index in [0.717, 1.165) is 11.3 Å². The third-order valence-corrected chi connectivity index (χ3v) is 4.41. The lowest BCUT2D eigenvalue weighted by Gasteiger charge is -2.33. The van der Waals surface area contributed by atoms with Crippen LogP contribution >= 0.6 is 24.8 Å². The highest BCUT2D eigenvalue weighted by atomic mass is 35.5. The lowest BCUT2D eigenvalue weighted by atomic mass is 9.90. The highest BCUT2D eigenvalue weighted by Gasteiger charge is 2.36. The van der Waals surface area contributed by atoms with Crippen molar-refractivity contribution in [3.63, 3.8) is 0 Å². The van der Waals surface area contributed by atoms with Gasteiger partial charge in [0.1, 0.15) is 5.75 Å². The number of rotatable bonds is 6. The van der Waals surface area contributed by atoms with Gasteiger partial charge in [-0.15, -0.1) is 24.8 Å². The van der Waals surface area contributed by atoms with Crippen LogP contribution in [0.1, 0.15) is 24.4 Å². The fourth-order valence-electron chi connectivity index (χ4n) is 2.84. The molecule has 6 nitrogen and oxygen atoms in total. The Hall–Kier alpha value is -1.05. The smallest absolute Gasteiger partial charge is 0.240 e. The van der Waals surface area contributed by atoms with E-state index in [4.69, 9.17) is 15.2 Å². The zero-order valence-corrected chi connectivity index (χ0v) is 16.6. The molecular weight excluding hydrogens is 365 g/mol. The van der Waals surface area contributed by atoms with Gasteiger partial charge in [-0.05, 0) is 33.0 Å². The summed E-state index contributed by atoms with van der Waals surface area (Å²) < 4.78 is 10.7. The van der Waals surface area contributed by atoms with Crippen molar-refractivity contribution in [3.8, 4) is 5.75 Å². The maximum absolute atomic E-state index is 12.5. The number of para-hydroxylation sites is 1. The lowest BCUT2D eigenvalue weighted by Crippen LogP contribution is -2.57. The maximum Gasteiger partial charge on any atom is 0.240 e. The zero-order chi connectivity index (χ0) is 16.9. The predicted molar refractivity (Wildman–Crippen MR) is 104 cm³/mol. The molecule has 1 aromatic carbocycles. The minimum atomic E-state index is -0.824. The van der Waals surface area contributed by atoms with Gasteiger partial charge in [-0.1, -0.05) is 18.2 Å². The van der Waals surface area contributed by atoms with Crippen LogP contribution in [0.2, 0.25) is 0 Å². The summed E-state index contributed by atoms with van der Waals surface area (Å²) in [7, 11) is 5.62. The Balaban J connectivity index is 0.00000288. The molecule has 144 valence electrons. The molecule has 0 bridgehead atoms. The number of nitrogens with zero attached hydrogens (tertiary/aromatic N) is 1. The summed E-state index contributed by atoms with van der Waals surface area (Å²) in [5.74, 6) is 0.705. The van der Waals surface area contributed by atoms with E-state index in [1.54, 1.807) is 7.11 Å². The van der Waals surface area contributed by atoms with Crippen LogP contribution in [0.25, 0.3) is 0 Å². The van der Waals surface area contributed by atoms with Crippen molar-refractivity contribution in [2.24, 2.45) is 5.73 Å². The van der Waals surface area contributed by atoms with E-state index >= 15 is 0 Å². The number of ether oxygens (including phenoxy) is 2. The van der Waals surface area contributed by atoms with E-state index < -0.39 is 5.54 Å². The van der Waals surface area contributed by atoms with Crippen molar-refractivity contribution < 1.29 is 14.3 Å². The largest absolute Gasteiger partial charge is 0.496 e. The number of methoxy groups -OCH3 is 1. The molecule has 2 rings (SSSR count). The van der Waals surface area contributed by atoms with Crippen molar-refractivity contribution in [1.29, 1.82) is 0 Å². The molecule has 1 unspecified atom stereocenters. The van der Waals surface area contributed by atoms with E-state index in [0.29, 0.717) is 32.6 Å². The number of likely N-dealkylation sites (N-methyl/N-ethyl adjacent to an activating group) is 1. The number of carbonyl (C=O) groups is 1. The first-order valence-corrected chi connectivity index (χ1v) is 7.92. The highest BCUT2D eigenvalue weighted by molar-refractivity contribution is 5.86. The SMILES string of the molecule is COc1ccccc1C(CNC(=O)C1(N)CCOCC1)N(C)C.Cl.Cl. The van der Waals surface area contributed by atoms with Gasteiger partial charge in [-0.3, -0.25) is 4.79 Å². The summed E-state index contributed by atoms with van der Waals surface area (Å²) in [6.07, 6.45) is 1.11. The molecule has 1 amide bonds. The van der Waals surface area contributed by atoms with Crippen LogP contribution in [0.3, 0.4) is 0 Å². The summed E-state index contributed by atoms with van der Waals surface area (Å²) in [6, 6.07) is 7.86. The summed E-state index contributed by atoms with van der Waals surface area (Å²) >= 11 is 0. The van der Waals surface area contributed by atoms with Gasteiger partial charge in [0.25, 0.3) is 0 Å². The standard InChI is InChI=1S/C17H27N3O3.2ClH/c1-20(2)14(13-6-4-5-7-15(13)22-3)12-19-16(21)17(18)8-10-23-11-9-17;;/h4-7,14H,8-12,18H2,1-3H3,(H,19,21);2*1H. The topological polar surface area (TPSA) is 76.8 Å². The second kappa shape index (κ2) is 10.8. The van der Waals surface area contributed by atoms with Crippen LogP contribution < -0.4 is 15.8 Å². The molecule has 8 heteroatoms. The summed E-state index contributed by atoms with van der Waals surface area (Å²) in [5, 5.41) is 3.01. The molecule has 0 aromatic heterocycles. The number of nitrogens with one attached hydrogen (secondary N) is 1. The Bertz CT molecular complexity index is 538. The molecular formula is C17H29Cl2N3O3. The Kier molecular flexibility index (Phi) is 10.4. The van der Waals surface area contributed by atoms with Crippen molar-refractivity contribution in [2.45, 2.75) is 24.4 Å². The van der Waals surface area contributed by atoms with Crippen molar-refractivity contribution >= 4 is 30.7 Å². The summed E-state index contributed by atoms with van der Waals surface area (Å²) in [6.45, 7) is 1.55. The second-order valence-corrected chi connectivity index (χ2v) is 6.20. The predicted octanol–water partition coefficient (Wildman–Crippen LogP) is 1.77. The van der Waals surface area contributed by atoms with Crippen LogP contribution in [0.15, 0.2) is 24.3 Å². The van der Waals surface area contributed by atoms with Gasteiger partial charge in [-0.2, -0.15) is 0 Å². The van der Waals surface area contributed by atoms with Crippen molar-refractivity contribution in [2.75, 3.05) is 41.0 Å². The first kappa shape index (κ1) is 23.9. The molecule has 1 aliphatic heterocycles. The number of amides is 1. The maximum atomic E-state index is 12.5. The molecule has 25 heavy (non-hydrogen) atoms. The zero-order valence-electron chi connectivity index (χ0n) is 15.0. The van der Waals surface area contributed by atoms with Crippen molar-refractivity contribution in [1.82, 2.24) is 10.2 Å². The molecule has 1 fully saturated rings. The van der Waals surface area contributed by atoms with E-state index in [-0.39, 0.29) is 36.8 Å². The number of halogens is 2. The summed E-state index contributed by atoms with van der Waals surface area (Å²) in [5.41, 5.74) is 6.45. The molecule has 1 saturated heterocycles. The van der Waals surface area contributed by atoms with Crippen LogP contribution in [0.5, 0.6) is 5.75 Å². The Morgan fingerprint density at radius 2 is 1.92 bits per heavy atom. The molecule has 1 heterocycles. The highest BCUT2D eigenvalue weighted by Crippen LogP contribution is 2.27. The molecule has 1 aromatic rings. The van der Waals surface area contributed by atoms with Crippen LogP contribution in [0, 0.1) is 0 Å². The Morgan fingerprint density at radius 3 is 2.48 bits per heavy atom. The lowest BCUT2D eigenvalue weighted by molar-refractivity contribution is -0.130. The third kappa shape index (κ3) is 6.01. The molecule has 0 aliphatic carbocycles. The van der Waals surface area contributed by atoms with Gasteiger partial charge in [0.15, 0.2) is 0 Å². The monoisotopic (exact) mass is 393 g/mol. The van der Waals surface area contributed by atoms with Gasteiger partial charge in [-0.25, -0.2) is 0 Å². The van der Waals surface area contributed by atoms with Gasteiger partial charge < -0.3 is 25.4 Å². The van der Waals surface area contributed by atoms with Crippen LogP contribution in [-0.2, 0) is 9.53 Å². The summed E-state index contributed by atoms with van der Waals surface area (Å²) in [4.78, 5) is 14.6. The van der Waals surface area contributed by atoms with Crippen LogP contribution in [0.4, 0.5) is 0 Å².